The van der Waals surface area contributed by atoms with Crippen molar-refractivity contribution in [1.29, 1.82) is 0 Å². The Bertz CT molecular complexity index is 450. The third kappa shape index (κ3) is 2.06. The number of nitrogens with zero attached hydrogens (tertiary/aromatic N) is 2. The van der Waals surface area contributed by atoms with Gasteiger partial charge in [-0.15, -0.1) is 0 Å². The van der Waals surface area contributed by atoms with Crippen LogP contribution in [0.25, 0.3) is 0 Å². The molecule has 0 aliphatic rings. The van der Waals surface area contributed by atoms with Crippen molar-refractivity contribution in [3.63, 3.8) is 0 Å². The largest absolute Gasteiger partial charge is 0.453 e. The number of hydrogen-bond acceptors (Lipinski definition) is 3. The van der Waals surface area contributed by atoms with Gasteiger partial charge in [-0.05, 0) is 17.7 Å². The quantitative estimate of drug-likeness (QED) is 0.870. The highest BCUT2D eigenvalue weighted by Crippen LogP contribution is 2.25. The van der Waals surface area contributed by atoms with Gasteiger partial charge in [0.1, 0.15) is 5.82 Å². The van der Waals surface area contributed by atoms with Crippen LogP contribution in [0, 0.1) is 0 Å². The van der Waals surface area contributed by atoms with Gasteiger partial charge in [0, 0.05) is 31.4 Å². The Kier molecular flexibility index (Phi) is 2.79. The van der Waals surface area contributed by atoms with Gasteiger partial charge in [-0.3, -0.25) is 0 Å². The summed E-state index contributed by atoms with van der Waals surface area (Å²) in [5, 5.41) is 10.1. The smallest absolute Gasteiger partial charge is 0.198 e. The standard InChI is InChI=1S/C10H11ClN2O2/c1-13-4-3-12-9(13)6-8(14)7-2-5-15-10(7)11/h2-5,8,14H,6H2,1H3. The van der Waals surface area contributed by atoms with E-state index in [1.807, 2.05) is 17.8 Å². The van der Waals surface area contributed by atoms with Crippen molar-refractivity contribution in [3.05, 3.63) is 41.3 Å². The van der Waals surface area contributed by atoms with Crippen molar-refractivity contribution in [2.45, 2.75) is 12.5 Å². The van der Waals surface area contributed by atoms with Crippen LogP contribution < -0.4 is 0 Å². The van der Waals surface area contributed by atoms with Crippen LogP contribution in [0.4, 0.5) is 0 Å². The topological polar surface area (TPSA) is 51.2 Å². The number of aliphatic hydroxyl groups is 1. The minimum atomic E-state index is -0.683. The number of halogens is 1. The normalized spacial score (nSPS) is 13.0. The van der Waals surface area contributed by atoms with Gasteiger partial charge in [0.25, 0.3) is 0 Å². The van der Waals surface area contributed by atoms with Crippen LogP contribution in [0.3, 0.4) is 0 Å². The van der Waals surface area contributed by atoms with E-state index in [0.717, 1.165) is 5.82 Å². The average Bonchev–Trinajstić information content (AvgIpc) is 2.76. The third-order valence-electron chi connectivity index (χ3n) is 2.30. The molecule has 0 fully saturated rings. The van der Waals surface area contributed by atoms with Gasteiger partial charge < -0.3 is 14.1 Å². The van der Waals surface area contributed by atoms with E-state index in [4.69, 9.17) is 16.0 Å². The Morgan fingerprint density at radius 2 is 2.47 bits per heavy atom. The monoisotopic (exact) mass is 226 g/mol. The predicted octanol–water partition coefficient (Wildman–Crippen LogP) is 1.94. The molecular weight excluding hydrogens is 216 g/mol. The summed E-state index contributed by atoms with van der Waals surface area (Å²) in [6.07, 6.45) is 4.72. The summed E-state index contributed by atoms with van der Waals surface area (Å²) in [4.78, 5) is 4.12. The molecule has 0 spiro atoms. The predicted molar refractivity (Wildman–Crippen MR) is 55.6 cm³/mol. The molecule has 0 radical (unpaired) electrons. The van der Waals surface area contributed by atoms with Gasteiger partial charge in [0.15, 0.2) is 5.22 Å². The molecule has 0 bridgehead atoms. The first-order valence-corrected chi connectivity index (χ1v) is 4.93. The lowest BCUT2D eigenvalue weighted by Crippen LogP contribution is -2.06. The molecule has 4 nitrogen and oxygen atoms in total. The van der Waals surface area contributed by atoms with Gasteiger partial charge >= 0.3 is 0 Å². The number of aliphatic hydroxyl groups excluding tert-OH is 1. The van der Waals surface area contributed by atoms with E-state index in [1.54, 1.807) is 12.3 Å². The Morgan fingerprint density at radius 3 is 3.00 bits per heavy atom. The first kappa shape index (κ1) is 10.3. The molecular formula is C10H11ClN2O2. The summed E-state index contributed by atoms with van der Waals surface area (Å²) < 4.78 is 6.77. The van der Waals surface area contributed by atoms with Crippen molar-refractivity contribution in [1.82, 2.24) is 9.55 Å². The molecule has 1 atom stereocenters. The second kappa shape index (κ2) is 4.08. The van der Waals surface area contributed by atoms with Crippen LogP contribution in [0.2, 0.25) is 5.22 Å². The molecule has 0 saturated heterocycles. The fourth-order valence-corrected chi connectivity index (χ4v) is 1.66. The number of rotatable bonds is 3. The van der Waals surface area contributed by atoms with Gasteiger partial charge in [-0.1, -0.05) is 0 Å². The molecule has 2 heterocycles. The Morgan fingerprint density at radius 1 is 1.67 bits per heavy atom. The second-order valence-corrected chi connectivity index (χ2v) is 3.67. The summed E-state index contributed by atoms with van der Waals surface area (Å²) in [6.45, 7) is 0. The highest BCUT2D eigenvalue weighted by molar-refractivity contribution is 6.29. The minimum absolute atomic E-state index is 0.233. The van der Waals surface area contributed by atoms with E-state index in [0.29, 0.717) is 12.0 Å². The van der Waals surface area contributed by atoms with Gasteiger partial charge in [-0.2, -0.15) is 0 Å². The maximum Gasteiger partial charge on any atom is 0.198 e. The maximum atomic E-state index is 9.89. The zero-order chi connectivity index (χ0) is 10.8. The molecule has 1 N–H and O–H groups in total. The Balaban J connectivity index is 2.14. The first-order valence-electron chi connectivity index (χ1n) is 4.55. The SMILES string of the molecule is Cn1ccnc1CC(O)c1ccoc1Cl. The third-order valence-corrected chi connectivity index (χ3v) is 2.61. The molecule has 0 aliphatic heterocycles. The number of aryl methyl sites for hydroxylation is 1. The number of hydrogen-bond donors (Lipinski definition) is 1. The summed E-state index contributed by atoms with van der Waals surface area (Å²) >= 11 is 5.76. The van der Waals surface area contributed by atoms with Gasteiger partial charge in [0.05, 0.1) is 12.4 Å². The van der Waals surface area contributed by atoms with Gasteiger partial charge in [0.2, 0.25) is 0 Å². The lowest BCUT2D eigenvalue weighted by Gasteiger charge is -2.08. The van der Waals surface area contributed by atoms with Crippen molar-refractivity contribution in [3.8, 4) is 0 Å². The summed E-state index contributed by atoms with van der Waals surface area (Å²) in [6, 6.07) is 1.66. The summed E-state index contributed by atoms with van der Waals surface area (Å²) in [7, 11) is 1.88. The molecule has 0 aromatic carbocycles. The zero-order valence-corrected chi connectivity index (χ0v) is 8.98. The van der Waals surface area contributed by atoms with Gasteiger partial charge in [-0.25, -0.2) is 4.98 Å². The van der Waals surface area contributed by atoms with E-state index >= 15 is 0 Å². The molecule has 0 saturated carbocycles. The molecule has 0 amide bonds. The second-order valence-electron chi connectivity index (χ2n) is 3.32. The summed E-state index contributed by atoms with van der Waals surface area (Å²) in [5.41, 5.74) is 0.597. The van der Waals surface area contributed by atoms with E-state index in [1.165, 1.54) is 6.26 Å². The molecule has 80 valence electrons. The fraction of sp³-hybridized carbons (Fsp3) is 0.300. The van der Waals surface area contributed by atoms with Crippen molar-refractivity contribution >= 4 is 11.6 Å². The number of aromatic nitrogens is 2. The molecule has 2 rings (SSSR count). The van der Waals surface area contributed by atoms with E-state index in [-0.39, 0.29) is 5.22 Å². The summed E-state index contributed by atoms with van der Waals surface area (Å²) in [5.74, 6) is 0.805. The minimum Gasteiger partial charge on any atom is -0.453 e. The van der Waals surface area contributed by atoms with E-state index in [9.17, 15) is 5.11 Å². The fourth-order valence-electron chi connectivity index (χ4n) is 1.42. The first-order chi connectivity index (χ1) is 7.18. The molecule has 1 unspecified atom stereocenters. The van der Waals surface area contributed by atoms with Crippen LogP contribution >= 0.6 is 11.6 Å². The molecule has 15 heavy (non-hydrogen) atoms. The number of imidazole rings is 1. The Labute approximate surface area is 92.1 Å². The van der Waals surface area contributed by atoms with Crippen molar-refractivity contribution < 1.29 is 9.52 Å². The highest BCUT2D eigenvalue weighted by atomic mass is 35.5. The molecule has 5 heteroatoms. The number of furan rings is 1. The van der Waals surface area contributed by atoms with Crippen LogP contribution in [0.15, 0.2) is 29.1 Å². The molecule has 2 aromatic rings. The van der Waals surface area contributed by atoms with E-state index in [2.05, 4.69) is 4.98 Å². The average molecular weight is 227 g/mol. The van der Waals surface area contributed by atoms with Crippen LogP contribution in [-0.4, -0.2) is 14.7 Å². The van der Waals surface area contributed by atoms with Crippen LogP contribution in [0.5, 0.6) is 0 Å². The zero-order valence-electron chi connectivity index (χ0n) is 8.22. The maximum absolute atomic E-state index is 9.89. The lowest BCUT2D eigenvalue weighted by atomic mass is 10.1. The Hall–Kier alpha value is -1.26. The molecule has 2 aromatic heterocycles. The van der Waals surface area contributed by atoms with Crippen LogP contribution in [-0.2, 0) is 13.5 Å². The highest BCUT2D eigenvalue weighted by Gasteiger charge is 2.16. The molecule has 0 aliphatic carbocycles. The van der Waals surface area contributed by atoms with Crippen molar-refractivity contribution in [2.24, 2.45) is 7.05 Å². The van der Waals surface area contributed by atoms with E-state index < -0.39 is 6.10 Å². The van der Waals surface area contributed by atoms with Crippen molar-refractivity contribution in [2.75, 3.05) is 0 Å². The van der Waals surface area contributed by atoms with Crippen LogP contribution in [0.1, 0.15) is 17.5 Å². The lowest BCUT2D eigenvalue weighted by molar-refractivity contribution is 0.174.